The lowest BCUT2D eigenvalue weighted by Crippen LogP contribution is -2.32. The highest BCUT2D eigenvalue weighted by Gasteiger charge is 2.38. The lowest BCUT2D eigenvalue weighted by atomic mass is 10.0. The molecule has 1 N–H and O–H groups in total. The second-order valence-corrected chi connectivity index (χ2v) is 6.31. The van der Waals surface area contributed by atoms with Gasteiger partial charge in [-0.15, -0.1) is 12.4 Å². The SMILES string of the molecule is COCCOc1ccc(Cl)cc1C(=O)N1C[C@H]2CNC[C@H]2C1.Cl. The maximum atomic E-state index is 12.8. The number of hydrogen-bond donors (Lipinski definition) is 1. The van der Waals surface area contributed by atoms with E-state index in [4.69, 9.17) is 21.1 Å². The third-order valence-corrected chi connectivity index (χ3v) is 4.63. The molecule has 1 aromatic carbocycles. The highest BCUT2D eigenvalue weighted by atomic mass is 35.5. The molecule has 1 amide bonds. The number of nitrogens with one attached hydrogen (secondary N) is 1. The fraction of sp³-hybridized carbons (Fsp3) is 0.562. The van der Waals surface area contributed by atoms with Gasteiger partial charge in [0.25, 0.3) is 5.91 Å². The molecule has 0 aliphatic carbocycles. The van der Waals surface area contributed by atoms with Crippen LogP contribution in [0.3, 0.4) is 0 Å². The molecular formula is C16H22Cl2N2O3. The van der Waals surface area contributed by atoms with Crippen molar-refractivity contribution in [3.8, 4) is 5.75 Å². The van der Waals surface area contributed by atoms with Crippen molar-refractivity contribution in [3.63, 3.8) is 0 Å². The molecule has 0 saturated carbocycles. The number of likely N-dealkylation sites (tertiary alicyclic amines) is 1. The van der Waals surface area contributed by atoms with E-state index in [1.54, 1.807) is 25.3 Å². The first-order valence-electron chi connectivity index (χ1n) is 7.60. The van der Waals surface area contributed by atoms with Crippen molar-refractivity contribution in [3.05, 3.63) is 28.8 Å². The summed E-state index contributed by atoms with van der Waals surface area (Å²) >= 11 is 6.06. The molecule has 7 heteroatoms. The molecule has 23 heavy (non-hydrogen) atoms. The minimum Gasteiger partial charge on any atom is -0.490 e. The first-order chi connectivity index (χ1) is 10.7. The largest absolute Gasteiger partial charge is 0.490 e. The van der Waals surface area contributed by atoms with E-state index in [-0.39, 0.29) is 18.3 Å². The summed E-state index contributed by atoms with van der Waals surface area (Å²) in [5.74, 6) is 1.72. The molecule has 0 radical (unpaired) electrons. The van der Waals surface area contributed by atoms with Crippen LogP contribution in [0.1, 0.15) is 10.4 Å². The zero-order valence-electron chi connectivity index (χ0n) is 13.1. The zero-order chi connectivity index (χ0) is 15.5. The van der Waals surface area contributed by atoms with E-state index < -0.39 is 0 Å². The fourth-order valence-corrected chi connectivity index (χ4v) is 3.39. The molecule has 2 aliphatic rings. The predicted octanol–water partition coefficient (Wildman–Crippen LogP) is 2.08. The number of amides is 1. The molecule has 0 aromatic heterocycles. The van der Waals surface area contributed by atoms with Gasteiger partial charge in [0, 0.05) is 38.3 Å². The Morgan fingerprint density at radius 3 is 2.65 bits per heavy atom. The minimum atomic E-state index is 0. The van der Waals surface area contributed by atoms with Crippen LogP contribution in [0.5, 0.6) is 5.75 Å². The molecule has 2 fully saturated rings. The van der Waals surface area contributed by atoms with Gasteiger partial charge in [-0.3, -0.25) is 4.79 Å². The second kappa shape index (κ2) is 8.20. The Bertz CT molecular complexity index is 544. The monoisotopic (exact) mass is 360 g/mol. The van der Waals surface area contributed by atoms with Crippen LogP contribution in [0.2, 0.25) is 5.02 Å². The molecule has 5 nitrogen and oxygen atoms in total. The summed E-state index contributed by atoms with van der Waals surface area (Å²) in [5, 5.41) is 3.93. The van der Waals surface area contributed by atoms with Gasteiger partial charge in [-0.2, -0.15) is 0 Å². The van der Waals surface area contributed by atoms with Crippen molar-refractivity contribution in [1.82, 2.24) is 10.2 Å². The predicted molar refractivity (Wildman–Crippen MR) is 91.8 cm³/mol. The van der Waals surface area contributed by atoms with Gasteiger partial charge in [-0.05, 0) is 30.0 Å². The summed E-state index contributed by atoms with van der Waals surface area (Å²) in [7, 11) is 1.62. The molecule has 2 heterocycles. The molecule has 0 bridgehead atoms. The van der Waals surface area contributed by atoms with Crippen LogP contribution in [0.25, 0.3) is 0 Å². The molecule has 2 atom stereocenters. The molecule has 2 aliphatic heterocycles. The Morgan fingerprint density at radius 2 is 2.00 bits per heavy atom. The van der Waals surface area contributed by atoms with E-state index in [0.717, 1.165) is 26.2 Å². The van der Waals surface area contributed by atoms with E-state index in [2.05, 4.69) is 5.32 Å². The molecule has 3 rings (SSSR count). The molecule has 128 valence electrons. The van der Waals surface area contributed by atoms with Gasteiger partial charge < -0.3 is 19.7 Å². The summed E-state index contributed by atoms with van der Waals surface area (Å²) in [5.41, 5.74) is 0.538. The first kappa shape index (κ1) is 18.3. The Kier molecular flexibility index (Phi) is 6.53. The molecule has 0 unspecified atom stereocenters. The van der Waals surface area contributed by atoms with Crippen LogP contribution in [-0.2, 0) is 4.74 Å². The number of methoxy groups -OCH3 is 1. The normalized spacial score (nSPS) is 22.6. The second-order valence-electron chi connectivity index (χ2n) is 5.87. The molecule has 0 spiro atoms. The van der Waals surface area contributed by atoms with Gasteiger partial charge in [0.2, 0.25) is 0 Å². The summed E-state index contributed by atoms with van der Waals surface area (Å²) < 4.78 is 10.6. The van der Waals surface area contributed by atoms with E-state index >= 15 is 0 Å². The lowest BCUT2D eigenvalue weighted by molar-refractivity contribution is 0.0774. The topological polar surface area (TPSA) is 50.8 Å². The molecular weight excluding hydrogens is 339 g/mol. The van der Waals surface area contributed by atoms with E-state index in [0.29, 0.717) is 41.4 Å². The average Bonchev–Trinajstić information content (AvgIpc) is 3.09. The number of fused-ring (bicyclic) bond motifs is 1. The lowest BCUT2D eigenvalue weighted by Gasteiger charge is -2.19. The highest BCUT2D eigenvalue weighted by molar-refractivity contribution is 6.31. The van der Waals surface area contributed by atoms with Crippen molar-refractivity contribution < 1.29 is 14.3 Å². The quantitative estimate of drug-likeness (QED) is 0.816. The number of benzene rings is 1. The number of nitrogens with zero attached hydrogens (tertiary/aromatic N) is 1. The smallest absolute Gasteiger partial charge is 0.257 e. The Morgan fingerprint density at radius 1 is 1.30 bits per heavy atom. The van der Waals surface area contributed by atoms with Crippen LogP contribution >= 0.6 is 24.0 Å². The molecule has 2 saturated heterocycles. The fourth-order valence-electron chi connectivity index (χ4n) is 3.22. The van der Waals surface area contributed by atoms with Gasteiger partial charge in [0.15, 0.2) is 0 Å². The average molecular weight is 361 g/mol. The van der Waals surface area contributed by atoms with E-state index in [1.807, 2.05) is 4.90 Å². The summed E-state index contributed by atoms with van der Waals surface area (Å²) in [6.07, 6.45) is 0. The third-order valence-electron chi connectivity index (χ3n) is 4.39. The number of ether oxygens (including phenoxy) is 2. The molecule has 1 aromatic rings. The minimum absolute atomic E-state index is 0. The first-order valence-corrected chi connectivity index (χ1v) is 7.98. The third kappa shape index (κ3) is 4.10. The number of halogens is 2. The summed E-state index contributed by atoms with van der Waals surface area (Å²) in [6, 6.07) is 5.19. The van der Waals surface area contributed by atoms with E-state index in [1.165, 1.54) is 0 Å². The zero-order valence-corrected chi connectivity index (χ0v) is 14.7. The summed E-state index contributed by atoms with van der Waals surface area (Å²) in [4.78, 5) is 14.7. The van der Waals surface area contributed by atoms with Crippen molar-refractivity contribution in [2.45, 2.75) is 0 Å². The van der Waals surface area contributed by atoms with E-state index in [9.17, 15) is 4.79 Å². The van der Waals surface area contributed by atoms with Crippen LogP contribution in [0.4, 0.5) is 0 Å². The standard InChI is InChI=1S/C16H21ClN2O3.ClH/c1-21-4-5-22-15-3-2-13(17)6-14(15)16(20)19-9-11-7-18-8-12(11)10-19;/h2-3,6,11-12,18H,4-5,7-10H2,1H3;1H/t11-,12+;. The number of carbonyl (C=O) groups excluding carboxylic acids is 1. The van der Waals surface area contributed by atoms with Gasteiger partial charge in [0.05, 0.1) is 12.2 Å². The Labute approximate surface area is 147 Å². The van der Waals surface area contributed by atoms with Crippen molar-refractivity contribution in [2.24, 2.45) is 11.8 Å². The van der Waals surface area contributed by atoms with Crippen molar-refractivity contribution in [2.75, 3.05) is 46.5 Å². The highest BCUT2D eigenvalue weighted by Crippen LogP contribution is 2.30. The Hall–Kier alpha value is -1.01. The van der Waals surface area contributed by atoms with Gasteiger partial charge in [0.1, 0.15) is 12.4 Å². The van der Waals surface area contributed by atoms with Crippen LogP contribution in [0.15, 0.2) is 18.2 Å². The van der Waals surface area contributed by atoms with Gasteiger partial charge in [-0.25, -0.2) is 0 Å². The van der Waals surface area contributed by atoms with Crippen LogP contribution in [0, 0.1) is 11.8 Å². The van der Waals surface area contributed by atoms with Gasteiger partial charge in [-0.1, -0.05) is 11.6 Å². The number of rotatable bonds is 5. The van der Waals surface area contributed by atoms with Crippen molar-refractivity contribution in [1.29, 1.82) is 0 Å². The van der Waals surface area contributed by atoms with Gasteiger partial charge >= 0.3 is 0 Å². The van der Waals surface area contributed by atoms with Crippen LogP contribution < -0.4 is 10.1 Å². The number of carbonyl (C=O) groups is 1. The number of hydrogen-bond acceptors (Lipinski definition) is 4. The Balaban J connectivity index is 0.00000192. The maximum Gasteiger partial charge on any atom is 0.257 e. The van der Waals surface area contributed by atoms with Crippen molar-refractivity contribution >= 4 is 29.9 Å². The maximum absolute atomic E-state index is 12.8. The van der Waals surface area contributed by atoms with Crippen LogP contribution in [-0.4, -0.2) is 57.3 Å². The summed E-state index contributed by atoms with van der Waals surface area (Å²) in [6.45, 7) is 4.51.